The third-order valence-electron chi connectivity index (χ3n) is 9.13. The van der Waals surface area contributed by atoms with Crippen LogP contribution in [0.3, 0.4) is 0 Å². The Labute approximate surface area is 273 Å². The number of allylic oxidation sites excluding steroid dienone is 3. The molecule has 1 atom stereocenters. The van der Waals surface area contributed by atoms with E-state index in [-0.39, 0.29) is 23.0 Å². The third-order valence-corrected chi connectivity index (χ3v) is 9.13. The van der Waals surface area contributed by atoms with Crippen LogP contribution in [0.15, 0.2) is 95.7 Å². The molecule has 3 aromatic carbocycles. The lowest BCUT2D eigenvalue weighted by atomic mass is 9.86. The Morgan fingerprint density at radius 1 is 0.915 bits per heavy atom. The number of fused-ring (bicyclic) bond motifs is 3. The maximum atomic E-state index is 13.8. The van der Waals surface area contributed by atoms with Crippen LogP contribution in [0.1, 0.15) is 70.0 Å². The number of oxime groups is 1. The fourth-order valence-corrected chi connectivity index (χ4v) is 6.43. The summed E-state index contributed by atoms with van der Waals surface area (Å²) in [4.78, 5) is 58.9. The highest BCUT2D eigenvalue weighted by atomic mass is 16.7. The Hall–Kier alpha value is -4.99. The molecule has 3 aliphatic rings. The summed E-state index contributed by atoms with van der Waals surface area (Å²) < 4.78 is 10.2. The normalized spacial score (nSPS) is 17.5. The van der Waals surface area contributed by atoms with Crippen LogP contribution in [0.25, 0.3) is 11.1 Å². The molecule has 47 heavy (non-hydrogen) atoms. The maximum absolute atomic E-state index is 13.8. The molecule has 1 aliphatic heterocycles. The predicted molar refractivity (Wildman–Crippen MR) is 176 cm³/mol. The molecular weight excluding hydrogens is 596 g/mol. The van der Waals surface area contributed by atoms with E-state index in [0.29, 0.717) is 43.9 Å². The van der Waals surface area contributed by atoms with Gasteiger partial charge in [0, 0.05) is 35.7 Å². The molecule has 3 aromatic rings. The van der Waals surface area contributed by atoms with Crippen LogP contribution in [0.5, 0.6) is 0 Å². The molecule has 1 fully saturated rings. The summed E-state index contributed by atoms with van der Waals surface area (Å²) in [5, 5.41) is 3.77. The van der Waals surface area contributed by atoms with Gasteiger partial charge in [-0.15, -0.1) is 0 Å². The minimum Gasteiger partial charge on any atom is -0.469 e. The fourth-order valence-electron chi connectivity index (χ4n) is 6.43. The van der Waals surface area contributed by atoms with E-state index in [2.05, 4.69) is 22.2 Å². The number of carbonyl (C=O) groups excluding carboxylic acids is 4. The van der Waals surface area contributed by atoms with Gasteiger partial charge in [0.2, 0.25) is 5.78 Å². The zero-order valence-electron chi connectivity index (χ0n) is 26.7. The van der Waals surface area contributed by atoms with Crippen molar-refractivity contribution in [3.05, 3.63) is 118 Å². The molecule has 9 heteroatoms. The third kappa shape index (κ3) is 6.37. The Morgan fingerprint density at radius 3 is 2.32 bits per heavy atom. The van der Waals surface area contributed by atoms with Crippen molar-refractivity contribution in [1.82, 2.24) is 4.90 Å². The lowest BCUT2D eigenvalue weighted by molar-refractivity contribution is -0.141. The van der Waals surface area contributed by atoms with E-state index in [1.165, 1.54) is 7.11 Å². The van der Waals surface area contributed by atoms with E-state index in [4.69, 9.17) is 14.3 Å². The van der Waals surface area contributed by atoms with Crippen molar-refractivity contribution < 1.29 is 33.5 Å². The molecule has 1 saturated heterocycles. The zero-order valence-corrected chi connectivity index (χ0v) is 26.7. The van der Waals surface area contributed by atoms with Gasteiger partial charge in [-0.05, 0) is 54.2 Å². The summed E-state index contributed by atoms with van der Waals surface area (Å²) in [5.74, 6) is -1.96. The number of ketones is 2. The first-order valence-corrected chi connectivity index (χ1v) is 15.6. The van der Waals surface area contributed by atoms with Crippen LogP contribution in [0, 0.1) is 0 Å². The van der Waals surface area contributed by atoms with Gasteiger partial charge in [-0.25, -0.2) is 4.79 Å². The minimum atomic E-state index is -0.686. The summed E-state index contributed by atoms with van der Waals surface area (Å²) in [6.45, 7) is 6.61. The Morgan fingerprint density at radius 2 is 1.62 bits per heavy atom. The molecule has 0 radical (unpaired) electrons. The van der Waals surface area contributed by atoms with Gasteiger partial charge < -0.3 is 14.3 Å². The summed E-state index contributed by atoms with van der Waals surface area (Å²) in [7, 11) is 1.21. The lowest BCUT2D eigenvalue weighted by Gasteiger charge is -2.39. The van der Waals surface area contributed by atoms with Gasteiger partial charge in [0.1, 0.15) is 5.71 Å². The van der Waals surface area contributed by atoms with Crippen LogP contribution >= 0.6 is 0 Å². The van der Waals surface area contributed by atoms with Crippen LogP contribution in [-0.4, -0.2) is 73.1 Å². The van der Waals surface area contributed by atoms with E-state index in [0.717, 1.165) is 27.8 Å². The number of ether oxygens (including phenoxy) is 2. The molecule has 0 spiro atoms. The van der Waals surface area contributed by atoms with Crippen LogP contribution < -0.4 is 0 Å². The molecule has 2 aliphatic carbocycles. The molecule has 0 bridgehead atoms. The second kappa shape index (κ2) is 13.4. The number of carbonyl (C=O) groups is 4. The molecular formula is C38H36N2O7. The molecule has 0 amide bonds. The molecule has 0 saturated carbocycles. The number of hydrogen-bond donors (Lipinski definition) is 0. The minimum absolute atomic E-state index is 0.0673. The van der Waals surface area contributed by atoms with Crippen molar-refractivity contribution >= 4 is 29.2 Å². The van der Waals surface area contributed by atoms with Gasteiger partial charge >= 0.3 is 11.9 Å². The summed E-state index contributed by atoms with van der Waals surface area (Å²) in [5.41, 5.74) is 5.65. The van der Waals surface area contributed by atoms with Crippen molar-refractivity contribution in [2.45, 2.75) is 38.1 Å². The average molecular weight is 633 g/mol. The van der Waals surface area contributed by atoms with E-state index in [1.54, 1.807) is 30.4 Å². The highest BCUT2D eigenvalue weighted by Crippen LogP contribution is 2.48. The molecule has 9 nitrogen and oxygen atoms in total. The van der Waals surface area contributed by atoms with Gasteiger partial charge in [-0.2, -0.15) is 0 Å². The first-order valence-electron chi connectivity index (χ1n) is 15.6. The van der Waals surface area contributed by atoms with Gasteiger partial charge in [0.25, 0.3) is 0 Å². The highest BCUT2D eigenvalue weighted by molar-refractivity contribution is 6.48. The summed E-state index contributed by atoms with van der Waals surface area (Å²) in [6, 6.07) is 21.2. The van der Waals surface area contributed by atoms with Crippen LogP contribution in [-0.2, 0) is 23.9 Å². The Kier molecular flexibility index (Phi) is 9.11. The molecule has 1 heterocycles. The number of Topliss-reactive ketones (excluding diaryl/α,β-unsaturated/α-hetero) is 2. The monoisotopic (exact) mass is 632 g/mol. The maximum Gasteiger partial charge on any atom is 0.362 e. The van der Waals surface area contributed by atoms with Crippen molar-refractivity contribution in [3.63, 3.8) is 0 Å². The first kappa shape index (κ1) is 32.0. The highest BCUT2D eigenvalue weighted by Gasteiger charge is 2.37. The van der Waals surface area contributed by atoms with Crippen LogP contribution in [0.4, 0.5) is 0 Å². The number of morpholine rings is 1. The largest absolute Gasteiger partial charge is 0.469 e. The van der Waals surface area contributed by atoms with Gasteiger partial charge in [-0.1, -0.05) is 84.0 Å². The van der Waals surface area contributed by atoms with Crippen molar-refractivity contribution in [2.24, 2.45) is 5.16 Å². The average Bonchev–Trinajstić information content (AvgIpc) is 3.76. The number of methoxy groups -OCH3 is 1. The number of rotatable bonds is 10. The standard InChI is InChI=1S/C38H36N2O7/c1-38(2,40-18-20-46-21-19-40)36(43)27-16-17-30-31(22-27)28-10-6-7-11-29(28)34(30)24-12-14-25(15-13-24)35(42)32(23-33(41)45-3)39-47-37(44)26-8-4-5-9-26/h4-8,10-17,22,34H,9,18-21,23H2,1-3H3/b39-32+. The topological polar surface area (TPSA) is 112 Å². The second-order valence-electron chi connectivity index (χ2n) is 12.3. The molecule has 240 valence electrons. The quantitative estimate of drug-likeness (QED) is 0.0723. The van der Waals surface area contributed by atoms with Crippen molar-refractivity contribution in [2.75, 3.05) is 33.4 Å². The summed E-state index contributed by atoms with van der Waals surface area (Å²) in [6.07, 6.45) is 5.11. The summed E-state index contributed by atoms with van der Waals surface area (Å²) >= 11 is 0. The fraction of sp³-hybridized carbons (Fsp3) is 0.289. The number of benzene rings is 3. The van der Waals surface area contributed by atoms with Gasteiger partial charge in [0.05, 0.1) is 32.3 Å². The smallest absolute Gasteiger partial charge is 0.362 e. The molecule has 0 N–H and O–H groups in total. The number of hydrogen-bond acceptors (Lipinski definition) is 9. The Bertz CT molecular complexity index is 1830. The molecule has 6 rings (SSSR count). The van der Waals surface area contributed by atoms with Crippen molar-refractivity contribution in [1.29, 1.82) is 0 Å². The molecule has 1 unspecified atom stereocenters. The number of esters is 1. The Balaban J connectivity index is 1.27. The SMILES string of the molecule is COC(=O)C/C(=N\OC(=O)C1=CC=CC1)C(=O)c1ccc(C2c3ccccc3-c3cc(C(=O)C(C)(C)N4CCOCC4)ccc32)cc1. The molecule has 0 aromatic heterocycles. The van der Waals surface area contributed by atoms with E-state index in [9.17, 15) is 19.2 Å². The van der Waals surface area contributed by atoms with E-state index >= 15 is 0 Å². The second-order valence-corrected chi connectivity index (χ2v) is 12.3. The zero-order chi connectivity index (χ0) is 33.1. The van der Waals surface area contributed by atoms with Crippen LogP contribution in [0.2, 0.25) is 0 Å². The van der Waals surface area contributed by atoms with E-state index in [1.807, 2.05) is 56.3 Å². The van der Waals surface area contributed by atoms with Gasteiger partial charge in [0.15, 0.2) is 5.78 Å². The van der Waals surface area contributed by atoms with Crippen molar-refractivity contribution in [3.8, 4) is 11.1 Å². The van der Waals surface area contributed by atoms with Gasteiger partial charge in [-0.3, -0.25) is 19.3 Å². The first-order chi connectivity index (χ1) is 22.7. The number of nitrogens with zero attached hydrogens (tertiary/aromatic N) is 2. The lowest BCUT2D eigenvalue weighted by Crippen LogP contribution is -2.54. The predicted octanol–water partition coefficient (Wildman–Crippen LogP) is 5.67. The van der Waals surface area contributed by atoms with E-state index < -0.39 is 29.7 Å².